The predicted octanol–water partition coefficient (Wildman–Crippen LogP) is -1.23. The Kier molecular flexibility index (Phi) is 5.44. The number of hydrogen-bond donors (Lipinski definition) is 4. The number of nitrogens with zero attached hydrogens (tertiary/aromatic N) is 5. The van der Waals surface area contributed by atoms with Crippen LogP contribution in [0.2, 0.25) is 0 Å². The first-order chi connectivity index (χ1) is 12.4. The number of imidazole rings is 1. The molecule has 0 spiro atoms. The lowest BCUT2D eigenvalue weighted by Gasteiger charge is -2.22. The van der Waals surface area contributed by atoms with Crippen LogP contribution < -0.4 is 11.5 Å². The standard InChI is InChI=1S/C15H22FN7O3/c1-22(4-8(16)2-3-17)5-9-11(24)12(25)15(26-9)23-7-21-10-13(18)19-6-20-14(10)23/h2,6-7,9,11-12,15,24-25H,3-5,17H2,1H3,(H2,18,19,20)/t9-,11?,12?,15-/m1/s1. The van der Waals surface area contributed by atoms with Crippen LogP contribution in [-0.4, -0.2) is 79.6 Å². The van der Waals surface area contributed by atoms with Crippen molar-refractivity contribution in [3.05, 3.63) is 24.6 Å². The summed E-state index contributed by atoms with van der Waals surface area (Å²) in [4.78, 5) is 13.7. The Labute approximate surface area is 148 Å². The summed E-state index contributed by atoms with van der Waals surface area (Å²) >= 11 is 0. The van der Waals surface area contributed by atoms with Crippen LogP contribution in [0.25, 0.3) is 11.2 Å². The molecule has 6 N–H and O–H groups in total. The first-order valence-corrected chi connectivity index (χ1v) is 8.10. The Morgan fingerprint density at radius 3 is 2.88 bits per heavy atom. The fourth-order valence-corrected chi connectivity index (χ4v) is 2.99. The van der Waals surface area contributed by atoms with Crippen LogP contribution in [-0.2, 0) is 4.74 Å². The minimum atomic E-state index is -1.20. The average Bonchev–Trinajstić information content (AvgIpc) is 3.12. The monoisotopic (exact) mass is 367 g/mol. The van der Waals surface area contributed by atoms with Crippen LogP contribution >= 0.6 is 0 Å². The van der Waals surface area contributed by atoms with Gasteiger partial charge in [-0.25, -0.2) is 19.3 Å². The van der Waals surface area contributed by atoms with Gasteiger partial charge in [-0.15, -0.1) is 0 Å². The van der Waals surface area contributed by atoms with Gasteiger partial charge in [-0.1, -0.05) is 0 Å². The second kappa shape index (κ2) is 7.60. The van der Waals surface area contributed by atoms with E-state index < -0.39 is 24.5 Å². The topological polar surface area (TPSA) is 149 Å². The lowest BCUT2D eigenvalue weighted by Crippen LogP contribution is -2.39. The predicted molar refractivity (Wildman–Crippen MR) is 91.4 cm³/mol. The van der Waals surface area contributed by atoms with Gasteiger partial charge in [-0.3, -0.25) is 9.47 Å². The molecule has 0 amide bonds. The van der Waals surface area contributed by atoms with Gasteiger partial charge >= 0.3 is 0 Å². The Hall–Kier alpha value is -2.18. The van der Waals surface area contributed by atoms with Gasteiger partial charge in [-0.05, 0) is 13.1 Å². The summed E-state index contributed by atoms with van der Waals surface area (Å²) in [5.41, 5.74) is 11.8. The van der Waals surface area contributed by atoms with Crippen LogP contribution in [0.3, 0.4) is 0 Å². The molecule has 1 fully saturated rings. The highest BCUT2D eigenvalue weighted by atomic mass is 19.1. The van der Waals surface area contributed by atoms with Gasteiger partial charge in [0.1, 0.15) is 36.0 Å². The summed E-state index contributed by atoms with van der Waals surface area (Å²) in [5, 5.41) is 20.7. The fourth-order valence-electron chi connectivity index (χ4n) is 2.99. The molecule has 26 heavy (non-hydrogen) atoms. The molecule has 10 nitrogen and oxygen atoms in total. The van der Waals surface area contributed by atoms with Gasteiger partial charge in [-0.2, -0.15) is 0 Å². The number of nitrogens with two attached hydrogens (primary N) is 2. The molecular formula is C15H22FN7O3. The number of fused-ring (bicyclic) bond motifs is 1. The molecule has 2 unspecified atom stereocenters. The number of anilines is 1. The molecule has 1 aliphatic heterocycles. The quantitative estimate of drug-likeness (QED) is 0.492. The molecule has 4 atom stereocenters. The Morgan fingerprint density at radius 2 is 2.15 bits per heavy atom. The zero-order valence-corrected chi connectivity index (χ0v) is 14.2. The van der Waals surface area contributed by atoms with Crippen molar-refractivity contribution in [1.82, 2.24) is 24.4 Å². The summed E-state index contributed by atoms with van der Waals surface area (Å²) in [5.74, 6) is -0.160. The van der Waals surface area contributed by atoms with E-state index in [1.165, 1.54) is 23.3 Å². The summed E-state index contributed by atoms with van der Waals surface area (Å²) in [6, 6.07) is 0. The van der Waals surface area contributed by atoms with E-state index in [4.69, 9.17) is 16.2 Å². The van der Waals surface area contributed by atoms with E-state index in [0.29, 0.717) is 11.2 Å². The maximum Gasteiger partial charge on any atom is 0.167 e. The first kappa shape index (κ1) is 18.6. The highest BCUT2D eigenvalue weighted by molar-refractivity contribution is 5.81. The number of aliphatic hydroxyl groups is 2. The Balaban J connectivity index is 1.75. The number of rotatable bonds is 6. The van der Waals surface area contributed by atoms with Gasteiger partial charge in [0.05, 0.1) is 6.33 Å². The van der Waals surface area contributed by atoms with Gasteiger partial charge in [0, 0.05) is 19.6 Å². The van der Waals surface area contributed by atoms with Crippen molar-refractivity contribution in [3.8, 4) is 0 Å². The van der Waals surface area contributed by atoms with Crippen LogP contribution in [0.5, 0.6) is 0 Å². The number of aliphatic hydroxyl groups excluding tert-OH is 2. The molecule has 0 bridgehead atoms. The van der Waals surface area contributed by atoms with E-state index in [2.05, 4.69) is 15.0 Å². The molecule has 0 saturated carbocycles. The number of likely N-dealkylation sites (N-methyl/N-ethyl adjacent to an activating group) is 1. The fraction of sp³-hybridized carbons (Fsp3) is 0.533. The summed E-state index contributed by atoms with van der Waals surface area (Å²) in [7, 11) is 1.68. The smallest absolute Gasteiger partial charge is 0.167 e. The van der Waals surface area contributed by atoms with Crippen LogP contribution in [0.1, 0.15) is 6.23 Å². The zero-order valence-electron chi connectivity index (χ0n) is 14.2. The van der Waals surface area contributed by atoms with Crippen molar-refractivity contribution in [2.75, 3.05) is 32.4 Å². The third kappa shape index (κ3) is 3.52. The van der Waals surface area contributed by atoms with Gasteiger partial charge in [0.25, 0.3) is 0 Å². The van der Waals surface area contributed by atoms with Gasteiger partial charge in [0.15, 0.2) is 17.7 Å². The highest BCUT2D eigenvalue weighted by Crippen LogP contribution is 2.32. The first-order valence-electron chi connectivity index (χ1n) is 8.10. The number of nitrogen functional groups attached to an aromatic ring is 1. The lowest BCUT2D eigenvalue weighted by molar-refractivity contribution is -0.0418. The number of aromatic nitrogens is 4. The average molecular weight is 367 g/mol. The Morgan fingerprint density at radius 1 is 1.38 bits per heavy atom. The maximum atomic E-state index is 13.6. The second-order valence-corrected chi connectivity index (χ2v) is 6.21. The van der Waals surface area contributed by atoms with Crippen molar-refractivity contribution in [2.24, 2.45) is 5.73 Å². The van der Waals surface area contributed by atoms with Crippen LogP contribution in [0.4, 0.5) is 10.2 Å². The molecule has 2 aromatic heterocycles. The van der Waals surface area contributed by atoms with E-state index >= 15 is 0 Å². The van der Waals surface area contributed by atoms with E-state index in [-0.39, 0.29) is 31.3 Å². The van der Waals surface area contributed by atoms with Gasteiger partial charge in [0.2, 0.25) is 0 Å². The normalized spacial score (nSPS) is 26.9. The molecule has 0 aliphatic carbocycles. The minimum Gasteiger partial charge on any atom is -0.387 e. The SMILES string of the molecule is CN(CC(F)=CCN)C[C@H]1O[C@@H](n2cnc3c(N)ncnc32)C(O)C1O. The molecule has 11 heteroatoms. The van der Waals surface area contributed by atoms with Crippen molar-refractivity contribution < 1.29 is 19.3 Å². The Bertz CT molecular complexity index is 799. The summed E-state index contributed by atoms with van der Waals surface area (Å²) in [6.07, 6.45) is 0.0146. The third-order valence-electron chi connectivity index (χ3n) is 4.25. The maximum absolute atomic E-state index is 13.6. The van der Waals surface area contributed by atoms with Crippen molar-refractivity contribution >= 4 is 17.0 Å². The number of ether oxygens (including phenoxy) is 1. The summed E-state index contributed by atoms with van der Waals surface area (Å²) in [6.45, 7) is 0.355. The lowest BCUT2D eigenvalue weighted by atomic mass is 10.1. The van der Waals surface area contributed by atoms with E-state index in [1.807, 2.05) is 0 Å². The van der Waals surface area contributed by atoms with Crippen molar-refractivity contribution in [2.45, 2.75) is 24.5 Å². The van der Waals surface area contributed by atoms with E-state index in [9.17, 15) is 14.6 Å². The van der Waals surface area contributed by atoms with Gasteiger partial charge < -0.3 is 26.4 Å². The highest BCUT2D eigenvalue weighted by Gasteiger charge is 2.44. The zero-order chi connectivity index (χ0) is 18.8. The number of hydrogen-bond acceptors (Lipinski definition) is 9. The largest absolute Gasteiger partial charge is 0.387 e. The number of halogens is 1. The van der Waals surface area contributed by atoms with Crippen LogP contribution in [0.15, 0.2) is 24.6 Å². The van der Waals surface area contributed by atoms with E-state index in [0.717, 1.165) is 0 Å². The molecule has 3 heterocycles. The van der Waals surface area contributed by atoms with E-state index in [1.54, 1.807) is 11.9 Å². The molecular weight excluding hydrogens is 345 g/mol. The molecule has 1 aliphatic rings. The summed E-state index contributed by atoms with van der Waals surface area (Å²) < 4.78 is 20.9. The van der Waals surface area contributed by atoms with Crippen molar-refractivity contribution in [3.63, 3.8) is 0 Å². The molecule has 1 saturated heterocycles. The molecule has 0 radical (unpaired) electrons. The molecule has 2 aromatic rings. The third-order valence-corrected chi connectivity index (χ3v) is 4.25. The molecule has 3 rings (SSSR count). The molecule has 0 aromatic carbocycles. The van der Waals surface area contributed by atoms with Crippen LogP contribution in [0, 0.1) is 0 Å². The molecule has 142 valence electrons. The minimum absolute atomic E-state index is 0.0301. The van der Waals surface area contributed by atoms with Crippen molar-refractivity contribution in [1.29, 1.82) is 0 Å². The second-order valence-electron chi connectivity index (χ2n) is 6.21.